The molecule has 0 unspecified atom stereocenters. The molecular formula is C17H16N2O2S2. The first kappa shape index (κ1) is 15.7. The molecule has 3 aromatic rings. The molecular weight excluding hydrogens is 328 g/mol. The first-order valence-electron chi connectivity index (χ1n) is 7.07. The van der Waals surface area contributed by atoms with Crippen LogP contribution in [0.3, 0.4) is 0 Å². The molecule has 118 valence electrons. The Kier molecular flexibility index (Phi) is 4.73. The predicted molar refractivity (Wildman–Crippen MR) is 95.3 cm³/mol. The fourth-order valence-corrected chi connectivity index (χ4v) is 3.68. The van der Waals surface area contributed by atoms with E-state index < -0.39 is 0 Å². The second kappa shape index (κ2) is 6.93. The van der Waals surface area contributed by atoms with Gasteiger partial charge in [0.05, 0.1) is 24.9 Å². The number of nitrogens with one attached hydrogen (secondary N) is 1. The van der Waals surface area contributed by atoms with Crippen molar-refractivity contribution >= 4 is 34.3 Å². The highest BCUT2D eigenvalue weighted by Gasteiger charge is 2.09. The van der Waals surface area contributed by atoms with Crippen molar-refractivity contribution in [1.82, 2.24) is 4.98 Å². The lowest BCUT2D eigenvalue weighted by molar-refractivity contribution is 0.0601. The molecule has 0 aliphatic rings. The minimum Gasteiger partial charge on any atom is -0.465 e. The molecule has 23 heavy (non-hydrogen) atoms. The van der Waals surface area contributed by atoms with Gasteiger partial charge in [-0.25, -0.2) is 9.78 Å². The van der Waals surface area contributed by atoms with E-state index in [0.717, 1.165) is 27.5 Å². The van der Waals surface area contributed by atoms with Crippen LogP contribution in [0.25, 0.3) is 10.6 Å². The van der Waals surface area contributed by atoms with Crippen LogP contribution in [0.2, 0.25) is 0 Å². The van der Waals surface area contributed by atoms with Crippen molar-refractivity contribution in [2.75, 3.05) is 12.4 Å². The standard InChI is InChI=1S/C17H16N2O2S2/c1-11-3-4-12(17(20)21-2)7-15(11)18-8-14-10-23-16(19-14)13-5-6-22-9-13/h3-7,9-10,18H,8H2,1-2H3. The second-order valence-electron chi connectivity index (χ2n) is 5.03. The second-order valence-corrected chi connectivity index (χ2v) is 6.67. The van der Waals surface area contributed by atoms with Crippen molar-refractivity contribution in [2.45, 2.75) is 13.5 Å². The van der Waals surface area contributed by atoms with E-state index in [4.69, 9.17) is 4.74 Å². The summed E-state index contributed by atoms with van der Waals surface area (Å²) in [5, 5.41) is 10.6. The molecule has 0 atom stereocenters. The summed E-state index contributed by atoms with van der Waals surface area (Å²) in [6, 6.07) is 7.56. The maximum atomic E-state index is 11.6. The number of carbonyl (C=O) groups excluding carboxylic acids is 1. The predicted octanol–water partition coefficient (Wildman–Crippen LogP) is 4.58. The number of benzene rings is 1. The summed E-state index contributed by atoms with van der Waals surface area (Å²) in [4.78, 5) is 16.3. The maximum absolute atomic E-state index is 11.6. The Morgan fingerprint density at radius 3 is 2.91 bits per heavy atom. The molecule has 6 heteroatoms. The Morgan fingerprint density at radius 2 is 2.17 bits per heavy atom. The summed E-state index contributed by atoms with van der Waals surface area (Å²) < 4.78 is 4.76. The van der Waals surface area contributed by atoms with E-state index in [1.165, 1.54) is 7.11 Å². The van der Waals surface area contributed by atoms with Crippen LogP contribution in [-0.4, -0.2) is 18.1 Å². The Morgan fingerprint density at radius 1 is 1.30 bits per heavy atom. The van der Waals surface area contributed by atoms with Gasteiger partial charge in [0, 0.05) is 22.0 Å². The van der Waals surface area contributed by atoms with Gasteiger partial charge in [0.1, 0.15) is 5.01 Å². The van der Waals surface area contributed by atoms with Crippen LogP contribution in [-0.2, 0) is 11.3 Å². The first-order valence-corrected chi connectivity index (χ1v) is 8.89. The molecule has 0 bridgehead atoms. The van der Waals surface area contributed by atoms with Gasteiger partial charge in [-0.2, -0.15) is 11.3 Å². The molecule has 3 rings (SSSR count). The molecule has 4 nitrogen and oxygen atoms in total. The van der Waals surface area contributed by atoms with E-state index in [1.807, 2.05) is 19.1 Å². The van der Waals surface area contributed by atoms with E-state index in [9.17, 15) is 4.79 Å². The average molecular weight is 344 g/mol. The minimum absolute atomic E-state index is 0.332. The Balaban J connectivity index is 1.72. The van der Waals surface area contributed by atoms with Gasteiger partial charge < -0.3 is 10.1 Å². The van der Waals surface area contributed by atoms with Gasteiger partial charge in [-0.15, -0.1) is 11.3 Å². The van der Waals surface area contributed by atoms with Crippen molar-refractivity contribution in [3.63, 3.8) is 0 Å². The Hall–Kier alpha value is -2.18. The lowest BCUT2D eigenvalue weighted by atomic mass is 10.1. The number of methoxy groups -OCH3 is 1. The summed E-state index contributed by atoms with van der Waals surface area (Å²) in [5.41, 5.74) is 4.68. The molecule has 1 N–H and O–H groups in total. The van der Waals surface area contributed by atoms with Gasteiger partial charge in [-0.05, 0) is 36.1 Å². The van der Waals surface area contributed by atoms with Gasteiger partial charge in [-0.1, -0.05) is 6.07 Å². The van der Waals surface area contributed by atoms with Gasteiger partial charge in [0.25, 0.3) is 0 Å². The number of thiazole rings is 1. The fraction of sp³-hybridized carbons (Fsp3) is 0.176. The molecule has 0 fully saturated rings. The van der Waals surface area contributed by atoms with Gasteiger partial charge in [-0.3, -0.25) is 0 Å². The van der Waals surface area contributed by atoms with Crippen LogP contribution in [0.5, 0.6) is 0 Å². The van der Waals surface area contributed by atoms with Crippen LogP contribution in [0.1, 0.15) is 21.6 Å². The lowest BCUT2D eigenvalue weighted by Gasteiger charge is -2.10. The number of hydrogen-bond acceptors (Lipinski definition) is 6. The number of anilines is 1. The summed E-state index contributed by atoms with van der Waals surface area (Å²) in [7, 11) is 1.39. The van der Waals surface area contributed by atoms with Crippen molar-refractivity contribution in [1.29, 1.82) is 0 Å². The number of aryl methyl sites for hydroxylation is 1. The molecule has 2 aromatic heterocycles. The molecule has 0 saturated heterocycles. The van der Waals surface area contributed by atoms with E-state index in [2.05, 4.69) is 32.5 Å². The van der Waals surface area contributed by atoms with Gasteiger partial charge in [0.2, 0.25) is 0 Å². The third kappa shape index (κ3) is 3.60. The first-order chi connectivity index (χ1) is 11.2. The molecule has 0 aliphatic heterocycles. The van der Waals surface area contributed by atoms with Gasteiger partial charge in [0.15, 0.2) is 0 Å². The lowest BCUT2D eigenvalue weighted by Crippen LogP contribution is -2.05. The van der Waals surface area contributed by atoms with Crippen LogP contribution < -0.4 is 5.32 Å². The number of ether oxygens (including phenoxy) is 1. The topological polar surface area (TPSA) is 51.2 Å². The molecule has 0 spiro atoms. The zero-order valence-electron chi connectivity index (χ0n) is 12.8. The van der Waals surface area contributed by atoms with Crippen LogP contribution in [0, 0.1) is 6.92 Å². The number of nitrogens with zero attached hydrogens (tertiary/aromatic N) is 1. The third-order valence-corrected chi connectivity index (χ3v) is 5.06. The highest BCUT2D eigenvalue weighted by atomic mass is 32.1. The zero-order valence-corrected chi connectivity index (χ0v) is 14.5. The highest BCUT2D eigenvalue weighted by molar-refractivity contribution is 7.14. The van der Waals surface area contributed by atoms with Crippen LogP contribution >= 0.6 is 22.7 Å². The summed E-state index contributed by atoms with van der Waals surface area (Å²) in [5.74, 6) is -0.332. The Bertz CT molecular complexity index is 810. The van der Waals surface area contributed by atoms with Crippen molar-refractivity contribution in [3.05, 3.63) is 57.2 Å². The number of esters is 1. The van der Waals surface area contributed by atoms with Crippen LogP contribution in [0.15, 0.2) is 40.4 Å². The third-order valence-electron chi connectivity index (χ3n) is 3.44. The van der Waals surface area contributed by atoms with Crippen molar-refractivity contribution in [2.24, 2.45) is 0 Å². The fourth-order valence-electron chi connectivity index (χ4n) is 2.15. The van der Waals surface area contributed by atoms with E-state index in [-0.39, 0.29) is 5.97 Å². The molecule has 0 saturated carbocycles. The summed E-state index contributed by atoms with van der Waals surface area (Å²) in [6.07, 6.45) is 0. The number of thiophene rings is 1. The molecule has 0 radical (unpaired) electrons. The van der Waals surface area contributed by atoms with Gasteiger partial charge >= 0.3 is 5.97 Å². The van der Waals surface area contributed by atoms with E-state index in [1.54, 1.807) is 28.7 Å². The summed E-state index contributed by atoms with van der Waals surface area (Å²) in [6.45, 7) is 2.62. The molecule has 1 aromatic carbocycles. The smallest absolute Gasteiger partial charge is 0.337 e. The number of carbonyl (C=O) groups is 1. The van der Waals surface area contributed by atoms with Crippen molar-refractivity contribution in [3.8, 4) is 10.6 Å². The number of aromatic nitrogens is 1. The molecule has 2 heterocycles. The summed E-state index contributed by atoms with van der Waals surface area (Å²) >= 11 is 3.31. The number of hydrogen-bond donors (Lipinski definition) is 1. The highest BCUT2D eigenvalue weighted by Crippen LogP contribution is 2.26. The number of rotatable bonds is 5. The quantitative estimate of drug-likeness (QED) is 0.688. The SMILES string of the molecule is COC(=O)c1ccc(C)c(NCc2csc(-c3ccsc3)n2)c1. The Labute approximate surface area is 142 Å². The monoisotopic (exact) mass is 344 g/mol. The van der Waals surface area contributed by atoms with Crippen LogP contribution in [0.4, 0.5) is 5.69 Å². The molecule has 0 amide bonds. The minimum atomic E-state index is -0.332. The van der Waals surface area contributed by atoms with E-state index in [0.29, 0.717) is 12.1 Å². The average Bonchev–Trinajstić information content (AvgIpc) is 3.24. The van der Waals surface area contributed by atoms with Crippen molar-refractivity contribution < 1.29 is 9.53 Å². The maximum Gasteiger partial charge on any atom is 0.337 e. The zero-order chi connectivity index (χ0) is 16.2. The largest absolute Gasteiger partial charge is 0.465 e. The van der Waals surface area contributed by atoms with E-state index >= 15 is 0 Å². The molecule has 0 aliphatic carbocycles. The normalized spacial score (nSPS) is 10.5.